The number of anilines is 1. The number of amides is 2. The SMILES string of the molecule is CC(C)(C)c1cc2cc(N3C(=O)c4ccccc4C3=O)ccc2[nH]1. The van der Waals surface area contributed by atoms with E-state index in [1.54, 1.807) is 24.3 Å². The Balaban J connectivity index is 1.81. The molecule has 0 bridgehead atoms. The molecule has 3 aromatic rings. The summed E-state index contributed by atoms with van der Waals surface area (Å²) < 4.78 is 0. The second kappa shape index (κ2) is 4.81. The Morgan fingerprint density at radius 2 is 1.50 bits per heavy atom. The lowest BCUT2D eigenvalue weighted by atomic mass is 9.92. The number of aromatic amines is 1. The van der Waals surface area contributed by atoms with E-state index < -0.39 is 0 Å². The van der Waals surface area contributed by atoms with Crippen LogP contribution in [0.1, 0.15) is 47.2 Å². The molecule has 0 fully saturated rings. The lowest BCUT2D eigenvalue weighted by Crippen LogP contribution is -2.29. The Morgan fingerprint density at radius 3 is 2.08 bits per heavy atom. The van der Waals surface area contributed by atoms with Gasteiger partial charge < -0.3 is 4.98 Å². The normalized spacial score (nSPS) is 14.5. The summed E-state index contributed by atoms with van der Waals surface area (Å²) in [6, 6.07) is 14.7. The monoisotopic (exact) mass is 318 g/mol. The number of hydrogen-bond acceptors (Lipinski definition) is 2. The van der Waals surface area contributed by atoms with Crippen molar-refractivity contribution in [3.8, 4) is 0 Å². The van der Waals surface area contributed by atoms with Crippen molar-refractivity contribution in [2.45, 2.75) is 26.2 Å². The van der Waals surface area contributed by atoms with Gasteiger partial charge in [0.25, 0.3) is 11.8 Å². The summed E-state index contributed by atoms with van der Waals surface area (Å²) in [6.45, 7) is 6.42. The van der Waals surface area contributed by atoms with E-state index in [2.05, 4.69) is 31.8 Å². The van der Waals surface area contributed by atoms with Gasteiger partial charge in [0.15, 0.2) is 0 Å². The zero-order valence-corrected chi connectivity index (χ0v) is 13.9. The highest BCUT2D eigenvalue weighted by Crippen LogP contribution is 2.32. The number of nitrogens with zero attached hydrogens (tertiary/aromatic N) is 1. The van der Waals surface area contributed by atoms with Gasteiger partial charge in [-0.15, -0.1) is 0 Å². The summed E-state index contributed by atoms with van der Waals surface area (Å²) in [5.41, 5.74) is 3.67. The topological polar surface area (TPSA) is 53.2 Å². The first kappa shape index (κ1) is 14.7. The third-order valence-electron chi connectivity index (χ3n) is 4.46. The van der Waals surface area contributed by atoms with Gasteiger partial charge in [0.1, 0.15) is 0 Å². The average Bonchev–Trinajstić information content (AvgIpc) is 3.07. The highest BCUT2D eigenvalue weighted by Gasteiger charge is 2.36. The fourth-order valence-corrected chi connectivity index (χ4v) is 3.09. The number of carbonyl (C=O) groups is 2. The molecule has 1 aromatic heterocycles. The minimum atomic E-state index is -0.262. The molecular formula is C20H18N2O2. The van der Waals surface area contributed by atoms with Crippen molar-refractivity contribution < 1.29 is 9.59 Å². The van der Waals surface area contributed by atoms with Gasteiger partial charge in [-0.1, -0.05) is 32.9 Å². The standard InChI is InChI=1S/C20H18N2O2/c1-20(2,3)17-11-12-10-13(8-9-16(12)21-17)22-18(23)14-6-4-5-7-15(14)19(22)24/h4-11,21H,1-3H3. The van der Waals surface area contributed by atoms with Crippen molar-refractivity contribution in [1.29, 1.82) is 0 Å². The maximum atomic E-state index is 12.6. The van der Waals surface area contributed by atoms with E-state index in [0.717, 1.165) is 16.6 Å². The predicted molar refractivity (Wildman–Crippen MR) is 94.6 cm³/mol. The van der Waals surface area contributed by atoms with Crippen LogP contribution in [0.25, 0.3) is 10.9 Å². The number of benzene rings is 2. The third-order valence-corrected chi connectivity index (χ3v) is 4.46. The van der Waals surface area contributed by atoms with E-state index >= 15 is 0 Å². The molecule has 0 spiro atoms. The summed E-state index contributed by atoms with van der Waals surface area (Å²) in [5.74, 6) is -0.525. The number of aromatic nitrogens is 1. The molecule has 1 aliphatic rings. The molecule has 0 atom stereocenters. The van der Waals surface area contributed by atoms with Crippen LogP contribution in [0.15, 0.2) is 48.5 Å². The molecule has 0 saturated carbocycles. The molecule has 0 unspecified atom stereocenters. The van der Waals surface area contributed by atoms with Crippen molar-refractivity contribution in [3.05, 3.63) is 65.4 Å². The second-order valence-electron chi connectivity index (χ2n) is 7.20. The van der Waals surface area contributed by atoms with E-state index in [4.69, 9.17) is 0 Å². The van der Waals surface area contributed by atoms with Gasteiger partial charge >= 0.3 is 0 Å². The molecule has 0 radical (unpaired) electrons. The minimum Gasteiger partial charge on any atom is -0.358 e. The molecule has 0 saturated heterocycles. The number of imide groups is 1. The molecule has 1 N–H and O–H groups in total. The van der Waals surface area contributed by atoms with Crippen LogP contribution >= 0.6 is 0 Å². The van der Waals surface area contributed by atoms with Gasteiger partial charge in [0, 0.05) is 22.0 Å². The van der Waals surface area contributed by atoms with Gasteiger partial charge in [-0.05, 0) is 36.4 Å². The van der Waals surface area contributed by atoms with Crippen molar-refractivity contribution >= 4 is 28.4 Å². The van der Waals surface area contributed by atoms with Crippen molar-refractivity contribution in [2.75, 3.05) is 4.90 Å². The number of rotatable bonds is 1. The number of H-pyrrole nitrogens is 1. The number of fused-ring (bicyclic) bond motifs is 2. The Bertz CT molecular complexity index is 957. The first-order chi connectivity index (χ1) is 11.4. The Kier molecular flexibility index (Phi) is 2.94. The van der Waals surface area contributed by atoms with E-state index in [1.165, 1.54) is 4.90 Å². The molecule has 4 rings (SSSR count). The first-order valence-electron chi connectivity index (χ1n) is 7.97. The fraction of sp³-hybridized carbons (Fsp3) is 0.200. The number of carbonyl (C=O) groups excluding carboxylic acids is 2. The van der Waals surface area contributed by atoms with E-state index in [9.17, 15) is 9.59 Å². The third kappa shape index (κ3) is 2.07. The van der Waals surface area contributed by atoms with Crippen LogP contribution in [-0.4, -0.2) is 16.8 Å². The van der Waals surface area contributed by atoms with Crippen LogP contribution in [0, 0.1) is 0 Å². The van der Waals surface area contributed by atoms with Gasteiger partial charge in [-0.3, -0.25) is 9.59 Å². The minimum absolute atomic E-state index is 0.00863. The quantitative estimate of drug-likeness (QED) is 0.681. The van der Waals surface area contributed by atoms with Crippen LogP contribution in [-0.2, 0) is 5.41 Å². The van der Waals surface area contributed by atoms with Gasteiger partial charge in [-0.2, -0.15) is 0 Å². The van der Waals surface area contributed by atoms with Crippen molar-refractivity contribution in [1.82, 2.24) is 4.98 Å². The van der Waals surface area contributed by atoms with Crippen LogP contribution in [0.2, 0.25) is 0 Å². The highest BCUT2D eigenvalue weighted by atomic mass is 16.2. The maximum Gasteiger partial charge on any atom is 0.266 e. The lowest BCUT2D eigenvalue weighted by molar-refractivity contribution is 0.0926. The zero-order valence-electron chi connectivity index (χ0n) is 13.9. The number of nitrogens with one attached hydrogen (secondary N) is 1. The van der Waals surface area contributed by atoms with E-state index in [0.29, 0.717) is 16.8 Å². The van der Waals surface area contributed by atoms with Gasteiger partial charge in [0.2, 0.25) is 0 Å². The summed E-state index contributed by atoms with van der Waals surface area (Å²) in [6.07, 6.45) is 0. The van der Waals surface area contributed by atoms with Gasteiger partial charge in [-0.25, -0.2) is 4.90 Å². The highest BCUT2D eigenvalue weighted by molar-refractivity contribution is 6.34. The van der Waals surface area contributed by atoms with Crippen LogP contribution in [0.5, 0.6) is 0 Å². The molecule has 4 nitrogen and oxygen atoms in total. The summed E-state index contributed by atoms with van der Waals surface area (Å²) in [5, 5.41) is 0.994. The summed E-state index contributed by atoms with van der Waals surface area (Å²) in [4.78, 5) is 29.9. The Hall–Kier alpha value is -2.88. The average molecular weight is 318 g/mol. The van der Waals surface area contributed by atoms with E-state index in [-0.39, 0.29) is 17.2 Å². The molecule has 0 aliphatic carbocycles. The maximum absolute atomic E-state index is 12.6. The molecule has 120 valence electrons. The molecular weight excluding hydrogens is 300 g/mol. The Labute approximate surface area is 140 Å². The molecule has 4 heteroatoms. The van der Waals surface area contributed by atoms with Crippen molar-refractivity contribution in [2.24, 2.45) is 0 Å². The predicted octanol–water partition coefficient (Wildman–Crippen LogP) is 4.27. The van der Waals surface area contributed by atoms with Crippen LogP contribution < -0.4 is 4.90 Å². The zero-order chi connectivity index (χ0) is 17.1. The fourth-order valence-electron chi connectivity index (χ4n) is 3.09. The van der Waals surface area contributed by atoms with Crippen molar-refractivity contribution in [3.63, 3.8) is 0 Å². The van der Waals surface area contributed by atoms with Crippen LogP contribution in [0.4, 0.5) is 5.69 Å². The smallest absolute Gasteiger partial charge is 0.266 e. The summed E-state index contributed by atoms with van der Waals surface area (Å²) in [7, 11) is 0. The molecule has 1 aliphatic heterocycles. The first-order valence-corrected chi connectivity index (χ1v) is 7.97. The van der Waals surface area contributed by atoms with Crippen LogP contribution in [0.3, 0.4) is 0 Å². The van der Waals surface area contributed by atoms with Gasteiger partial charge in [0.05, 0.1) is 16.8 Å². The second-order valence-corrected chi connectivity index (χ2v) is 7.20. The molecule has 2 aromatic carbocycles. The lowest BCUT2D eigenvalue weighted by Gasteiger charge is -2.15. The molecule has 2 amide bonds. The van der Waals surface area contributed by atoms with E-state index in [1.807, 2.05) is 18.2 Å². The largest absolute Gasteiger partial charge is 0.358 e. The molecule has 2 heterocycles. The summed E-state index contributed by atoms with van der Waals surface area (Å²) >= 11 is 0. The number of hydrogen-bond donors (Lipinski definition) is 1. The Morgan fingerprint density at radius 1 is 0.875 bits per heavy atom. The molecule has 24 heavy (non-hydrogen) atoms.